The molecule has 1 heterocycles. The fourth-order valence-electron chi connectivity index (χ4n) is 2.21. The molecule has 134 valence electrons. The van der Waals surface area contributed by atoms with E-state index in [1.165, 1.54) is 6.07 Å². The molecule has 0 aliphatic rings. The predicted molar refractivity (Wildman–Crippen MR) is 109 cm³/mol. The highest BCUT2D eigenvalue weighted by molar-refractivity contribution is 7.80. The van der Waals surface area contributed by atoms with Crippen LogP contribution in [0.25, 0.3) is 0 Å². The Morgan fingerprint density at radius 1 is 1.04 bits per heavy atom. The zero-order valence-corrected chi connectivity index (χ0v) is 16.2. The molecular formula is C17H12Cl3FN4S. The Labute approximate surface area is 169 Å². The molecule has 0 fully saturated rings. The maximum atomic E-state index is 13.9. The molecular weight excluding hydrogens is 418 g/mol. The summed E-state index contributed by atoms with van der Waals surface area (Å²) in [5.41, 5.74) is 1.06. The van der Waals surface area contributed by atoms with E-state index in [-0.39, 0.29) is 12.4 Å². The van der Waals surface area contributed by atoms with Crippen molar-refractivity contribution in [2.75, 3.05) is 10.6 Å². The highest BCUT2D eigenvalue weighted by Gasteiger charge is 2.09. The molecule has 0 aliphatic heterocycles. The van der Waals surface area contributed by atoms with Crippen molar-refractivity contribution < 1.29 is 4.39 Å². The summed E-state index contributed by atoms with van der Waals surface area (Å²) in [7, 11) is 0. The van der Waals surface area contributed by atoms with E-state index in [9.17, 15) is 4.39 Å². The van der Waals surface area contributed by atoms with E-state index in [0.717, 1.165) is 0 Å². The number of rotatable bonds is 4. The molecule has 9 heteroatoms. The molecule has 0 aliphatic carbocycles. The Morgan fingerprint density at radius 2 is 1.85 bits per heavy atom. The minimum Gasteiger partial charge on any atom is -0.332 e. The highest BCUT2D eigenvalue weighted by Crippen LogP contribution is 2.25. The number of halogens is 4. The van der Waals surface area contributed by atoms with E-state index in [2.05, 4.69) is 15.7 Å². The van der Waals surface area contributed by atoms with Gasteiger partial charge in [-0.3, -0.25) is 4.68 Å². The lowest BCUT2D eigenvalue weighted by Gasteiger charge is -2.09. The Kier molecular flexibility index (Phi) is 5.98. The maximum Gasteiger partial charge on any atom is 0.176 e. The normalized spacial score (nSPS) is 10.6. The van der Waals surface area contributed by atoms with Crippen molar-refractivity contribution >= 4 is 63.6 Å². The number of nitrogens with zero attached hydrogens (tertiary/aromatic N) is 2. The van der Waals surface area contributed by atoms with Gasteiger partial charge >= 0.3 is 0 Å². The molecule has 2 aromatic carbocycles. The van der Waals surface area contributed by atoms with Gasteiger partial charge in [0.2, 0.25) is 0 Å². The molecule has 0 saturated heterocycles. The third-order valence-electron chi connectivity index (χ3n) is 3.44. The van der Waals surface area contributed by atoms with Gasteiger partial charge < -0.3 is 10.6 Å². The number of benzene rings is 2. The fourth-order valence-corrected chi connectivity index (χ4v) is 2.96. The van der Waals surface area contributed by atoms with Crippen LogP contribution in [0, 0.1) is 5.82 Å². The third kappa shape index (κ3) is 4.65. The molecule has 1 aromatic heterocycles. The van der Waals surface area contributed by atoms with Crippen molar-refractivity contribution in [3.05, 3.63) is 75.1 Å². The van der Waals surface area contributed by atoms with Crippen LogP contribution in [0.15, 0.2) is 48.7 Å². The van der Waals surface area contributed by atoms with Crippen LogP contribution in [0.4, 0.5) is 15.9 Å². The Bertz CT molecular complexity index is 941. The second-order valence-corrected chi connectivity index (χ2v) is 6.94. The number of hydrogen-bond acceptors (Lipinski definition) is 2. The first-order chi connectivity index (χ1) is 12.4. The predicted octanol–water partition coefficient (Wildman–Crippen LogP) is 5.84. The van der Waals surface area contributed by atoms with E-state index in [4.69, 9.17) is 47.0 Å². The lowest BCUT2D eigenvalue weighted by molar-refractivity contribution is 0.586. The van der Waals surface area contributed by atoms with Crippen LogP contribution in [-0.4, -0.2) is 14.9 Å². The summed E-state index contributed by atoms with van der Waals surface area (Å²) in [6.45, 7) is 0.209. The average Bonchev–Trinajstić information content (AvgIpc) is 3.01. The number of aromatic nitrogens is 2. The van der Waals surface area contributed by atoms with Gasteiger partial charge in [-0.2, -0.15) is 5.10 Å². The summed E-state index contributed by atoms with van der Waals surface area (Å²) in [4.78, 5) is 0. The van der Waals surface area contributed by atoms with Gasteiger partial charge in [0.05, 0.1) is 16.6 Å². The average molecular weight is 430 g/mol. The zero-order chi connectivity index (χ0) is 18.7. The maximum absolute atomic E-state index is 13.9. The van der Waals surface area contributed by atoms with Crippen LogP contribution in [0.1, 0.15) is 5.56 Å². The summed E-state index contributed by atoms with van der Waals surface area (Å²) in [6.07, 6.45) is 1.70. The molecule has 0 amide bonds. The Balaban J connectivity index is 1.64. The van der Waals surface area contributed by atoms with Crippen LogP contribution in [0.5, 0.6) is 0 Å². The molecule has 0 saturated carbocycles. The summed E-state index contributed by atoms with van der Waals surface area (Å²) < 4.78 is 15.4. The van der Waals surface area contributed by atoms with Gasteiger partial charge in [-0.25, -0.2) is 4.39 Å². The summed E-state index contributed by atoms with van der Waals surface area (Å²) in [5, 5.41) is 11.8. The van der Waals surface area contributed by atoms with Crippen LogP contribution in [-0.2, 0) is 6.54 Å². The van der Waals surface area contributed by atoms with Gasteiger partial charge in [0.25, 0.3) is 0 Å². The zero-order valence-electron chi connectivity index (χ0n) is 13.1. The largest absolute Gasteiger partial charge is 0.332 e. The fraction of sp³-hybridized carbons (Fsp3) is 0.0588. The van der Waals surface area contributed by atoms with Crippen molar-refractivity contribution in [2.45, 2.75) is 6.54 Å². The van der Waals surface area contributed by atoms with E-state index >= 15 is 0 Å². The van der Waals surface area contributed by atoms with Gasteiger partial charge in [0.1, 0.15) is 5.82 Å². The first kappa shape index (κ1) is 18.9. The topological polar surface area (TPSA) is 41.9 Å². The van der Waals surface area contributed by atoms with E-state index in [0.29, 0.717) is 37.2 Å². The molecule has 0 radical (unpaired) electrons. The number of hydrogen-bond donors (Lipinski definition) is 2. The monoisotopic (exact) mass is 428 g/mol. The highest BCUT2D eigenvalue weighted by atomic mass is 35.5. The molecule has 0 unspecified atom stereocenters. The van der Waals surface area contributed by atoms with E-state index < -0.39 is 0 Å². The first-order valence-corrected chi connectivity index (χ1v) is 8.96. The quantitative estimate of drug-likeness (QED) is 0.511. The summed E-state index contributed by atoms with van der Waals surface area (Å²) >= 11 is 23.1. The Morgan fingerprint density at radius 3 is 2.58 bits per heavy atom. The minimum absolute atomic E-state index is 0.209. The van der Waals surface area contributed by atoms with Crippen molar-refractivity contribution in [1.82, 2.24) is 9.78 Å². The Hall–Kier alpha value is -1.86. The van der Waals surface area contributed by atoms with Crippen LogP contribution in [0.3, 0.4) is 0 Å². The van der Waals surface area contributed by atoms with E-state index in [1.807, 2.05) is 0 Å². The SMILES string of the molecule is Fc1cccc(Cl)c1Cn1ccc(NC(=S)Nc2ccc(Cl)c(Cl)c2)n1. The summed E-state index contributed by atoms with van der Waals surface area (Å²) in [5.74, 6) is 0.134. The van der Waals surface area contributed by atoms with Gasteiger partial charge in [-0.15, -0.1) is 0 Å². The number of anilines is 2. The second kappa shape index (κ2) is 8.22. The number of nitrogens with one attached hydrogen (secondary N) is 2. The van der Waals surface area contributed by atoms with Crippen LogP contribution < -0.4 is 10.6 Å². The smallest absolute Gasteiger partial charge is 0.176 e. The molecule has 2 N–H and O–H groups in total. The van der Waals surface area contributed by atoms with Gasteiger partial charge in [-0.1, -0.05) is 40.9 Å². The van der Waals surface area contributed by atoms with Crippen LogP contribution >= 0.6 is 47.0 Å². The van der Waals surface area contributed by atoms with Crippen molar-refractivity contribution in [3.8, 4) is 0 Å². The van der Waals surface area contributed by atoms with Crippen molar-refractivity contribution in [2.24, 2.45) is 0 Å². The molecule has 4 nitrogen and oxygen atoms in total. The van der Waals surface area contributed by atoms with E-state index in [1.54, 1.807) is 47.3 Å². The molecule has 0 atom stereocenters. The van der Waals surface area contributed by atoms with Gasteiger partial charge in [0, 0.05) is 28.5 Å². The molecule has 0 bridgehead atoms. The van der Waals surface area contributed by atoms with Gasteiger partial charge in [-0.05, 0) is 42.5 Å². The lowest BCUT2D eigenvalue weighted by Crippen LogP contribution is -2.19. The lowest BCUT2D eigenvalue weighted by atomic mass is 10.2. The molecule has 3 aromatic rings. The molecule has 3 rings (SSSR count). The molecule has 0 spiro atoms. The van der Waals surface area contributed by atoms with Gasteiger partial charge in [0.15, 0.2) is 10.9 Å². The second-order valence-electron chi connectivity index (χ2n) is 5.31. The summed E-state index contributed by atoms with van der Waals surface area (Å²) in [6, 6.07) is 11.4. The number of thiocarbonyl (C=S) groups is 1. The first-order valence-electron chi connectivity index (χ1n) is 7.42. The third-order valence-corrected chi connectivity index (χ3v) is 4.74. The van der Waals surface area contributed by atoms with Crippen molar-refractivity contribution in [3.63, 3.8) is 0 Å². The standard InChI is InChI=1S/C17H12Cl3FN4S/c18-12-2-1-3-15(21)11(12)9-25-7-6-16(24-25)23-17(26)22-10-4-5-13(19)14(20)8-10/h1-8H,9H2,(H2,22,23,24,26). The van der Waals surface area contributed by atoms with Crippen LogP contribution in [0.2, 0.25) is 15.1 Å². The molecule has 26 heavy (non-hydrogen) atoms. The van der Waals surface area contributed by atoms with Crippen molar-refractivity contribution in [1.29, 1.82) is 0 Å². The minimum atomic E-state index is -0.376.